The molecule has 0 aliphatic rings. The first-order valence-corrected chi connectivity index (χ1v) is 4.12. The highest BCUT2D eigenvalue weighted by molar-refractivity contribution is 5.93. The van der Waals surface area contributed by atoms with Crippen LogP contribution >= 0.6 is 0 Å². The quantitative estimate of drug-likeness (QED) is 0.578. The van der Waals surface area contributed by atoms with Gasteiger partial charge in [0.25, 0.3) is 0 Å². The molecule has 14 heavy (non-hydrogen) atoms. The van der Waals surface area contributed by atoms with E-state index in [9.17, 15) is 4.79 Å². The number of aliphatic imine (C=N–C) groups is 1. The van der Waals surface area contributed by atoms with Gasteiger partial charge in [-0.25, -0.2) is 9.98 Å². The monoisotopic (exact) mass is 189 g/mol. The highest BCUT2D eigenvalue weighted by Gasteiger charge is 1.97. The van der Waals surface area contributed by atoms with E-state index in [1.807, 2.05) is 0 Å². The highest BCUT2D eigenvalue weighted by atomic mass is 16.1. The van der Waals surface area contributed by atoms with E-state index in [1.54, 1.807) is 18.2 Å². The zero-order valence-corrected chi connectivity index (χ0v) is 7.84. The van der Waals surface area contributed by atoms with Crippen LogP contribution in [0, 0.1) is 0 Å². The smallest absolute Gasteiger partial charge is 0.161 e. The molecule has 0 aliphatic heterocycles. The molecule has 4 heteroatoms. The minimum Gasteiger partial charge on any atom is -0.405 e. The molecule has 0 aliphatic carbocycles. The molecule has 1 aromatic rings. The Labute approximate surface area is 82.2 Å². The number of Topliss-reactive ketones (excluding diaryl/α,β-unsaturated/α-hetero) is 1. The van der Waals surface area contributed by atoms with Crippen LogP contribution in [0.1, 0.15) is 17.3 Å². The summed E-state index contributed by atoms with van der Waals surface area (Å²) in [5, 5.41) is 0. The van der Waals surface area contributed by atoms with E-state index >= 15 is 0 Å². The molecule has 72 valence electrons. The van der Waals surface area contributed by atoms with Crippen molar-refractivity contribution >= 4 is 17.8 Å². The largest absolute Gasteiger partial charge is 0.405 e. The lowest BCUT2D eigenvalue weighted by atomic mass is 10.2. The van der Waals surface area contributed by atoms with E-state index < -0.39 is 0 Å². The van der Waals surface area contributed by atoms with Crippen LogP contribution in [0.5, 0.6) is 0 Å². The normalized spacial score (nSPS) is 11.2. The first-order chi connectivity index (χ1) is 6.74. The third-order valence-corrected chi connectivity index (χ3v) is 1.56. The third-order valence-electron chi connectivity index (χ3n) is 1.56. The van der Waals surface area contributed by atoms with Gasteiger partial charge in [0.1, 0.15) is 0 Å². The topological polar surface area (TPSA) is 68.3 Å². The number of carbonyl (C=O) groups is 1. The van der Waals surface area contributed by atoms with Crippen molar-refractivity contribution in [2.45, 2.75) is 6.92 Å². The Morgan fingerprint density at radius 2 is 2.36 bits per heavy atom. The maximum Gasteiger partial charge on any atom is 0.161 e. The summed E-state index contributed by atoms with van der Waals surface area (Å²) in [5.74, 6) is 0.544. The summed E-state index contributed by atoms with van der Waals surface area (Å²) in [4.78, 5) is 18.9. The molecule has 1 aromatic heterocycles. The lowest BCUT2D eigenvalue weighted by Crippen LogP contribution is -1.91. The maximum atomic E-state index is 10.9. The second-order valence-electron chi connectivity index (χ2n) is 2.62. The Hall–Kier alpha value is -1.97. The van der Waals surface area contributed by atoms with Crippen LogP contribution < -0.4 is 5.73 Å². The predicted molar refractivity (Wildman–Crippen MR) is 55.7 cm³/mol. The average molecular weight is 189 g/mol. The number of hydrogen-bond donors (Lipinski definition) is 1. The van der Waals surface area contributed by atoms with Crippen molar-refractivity contribution in [2.75, 3.05) is 0 Å². The number of nitrogens with two attached hydrogens (primary N) is 1. The minimum atomic E-state index is -0.00474. The van der Waals surface area contributed by atoms with Crippen LogP contribution in [0.15, 0.2) is 35.6 Å². The minimum absolute atomic E-state index is 0.00474. The molecule has 0 atom stereocenters. The van der Waals surface area contributed by atoms with Crippen molar-refractivity contribution in [3.63, 3.8) is 0 Å². The van der Waals surface area contributed by atoms with Crippen LogP contribution in [0.3, 0.4) is 0 Å². The Morgan fingerprint density at radius 3 is 2.86 bits per heavy atom. The molecule has 0 unspecified atom stereocenters. The van der Waals surface area contributed by atoms with Crippen LogP contribution in [0.2, 0.25) is 0 Å². The van der Waals surface area contributed by atoms with Gasteiger partial charge in [-0.2, -0.15) is 0 Å². The summed E-state index contributed by atoms with van der Waals surface area (Å²) in [6, 6.07) is 3.37. The Bertz CT molecular complexity index is 365. The Morgan fingerprint density at radius 1 is 1.57 bits per heavy atom. The van der Waals surface area contributed by atoms with Crippen molar-refractivity contribution < 1.29 is 4.79 Å². The van der Waals surface area contributed by atoms with Gasteiger partial charge in [0.05, 0.1) is 0 Å². The molecule has 1 heterocycles. The van der Waals surface area contributed by atoms with Gasteiger partial charge >= 0.3 is 0 Å². The van der Waals surface area contributed by atoms with Crippen molar-refractivity contribution in [3.8, 4) is 0 Å². The number of pyridine rings is 1. The molecule has 0 saturated heterocycles. The summed E-state index contributed by atoms with van der Waals surface area (Å²) in [5.41, 5.74) is 5.70. The number of aromatic nitrogens is 1. The molecule has 0 bridgehead atoms. The summed E-state index contributed by atoms with van der Waals surface area (Å²) in [7, 11) is 0. The summed E-state index contributed by atoms with van der Waals surface area (Å²) in [6.45, 7) is 1.50. The maximum absolute atomic E-state index is 10.9. The van der Waals surface area contributed by atoms with Gasteiger partial charge in [-0.1, -0.05) is 0 Å². The number of allylic oxidation sites excluding steroid dienone is 1. The first kappa shape index (κ1) is 10.1. The zero-order chi connectivity index (χ0) is 10.4. The molecule has 0 spiro atoms. The van der Waals surface area contributed by atoms with E-state index in [0.29, 0.717) is 11.4 Å². The molecule has 0 saturated carbocycles. The molecular weight excluding hydrogens is 178 g/mol. The van der Waals surface area contributed by atoms with Gasteiger partial charge in [-0.3, -0.25) is 4.79 Å². The van der Waals surface area contributed by atoms with Crippen molar-refractivity contribution in [1.82, 2.24) is 4.98 Å². The third kappa shape index (κ3) is 2.82. The van der Waals surface area contributed by atoms with E-state index in [-0.39, 0.29) is 5.78 Å². The van der Waals surface area contributed by atoms with Crippen LogP contribution in [-0.4, -0.2) is 17.0 Å². The first-order valence-electron chi connectivity index (χ1n) is 4.12. The lowest BCUT2D eigenvalue weighted by Gasteiger charge is -1.94. The second kappa shape index (κ2) is 4.91. The van der Waals surface area contributed by atoms with Crippen LogP contribution in [0.4, 0.5) is 5.82 Å². The molecule has 0 aromatic carbocycles. The van der Waals surface area contributed by atoms with Crippen molar-refractivity contribution in [2.24, 2.45) is 10.7 Å². The molecular formula is C10H11N3O. The van der Waals surface area contributed by atoms with E-state index in [4.69, 9.17) is 5.73 Å². The number of ketones is 1. The van der Waals surface area contributed by atoms with Gasteiger partial charge in [0.2, 0.25) is 0 Å². The number of nitrogens with zero attached hydrogens (tertiary/aromatic N) is 2. The fourth-order valence-electron chi connectivity index (χ4n) is 0.840. The van der Waals surface area contributed by atoms with Crippen molar-refractivity contribution in [3.05, 3.63) is 36.2 Å². The van der Waals surface area contributed by atoms with Crippen LogP contribution in [-0.2, 0) is 0 Å². The molecule has 0 radical (unpaired) electrons. The second-order valence-corrected chi connectivity index (χ2v) is 2.62. The fourth-order valence-corrected chi connectivity index (χ4v) is 0.840. The molecule has 0 amide bonds. The van der Waals surface area contributed by atoms with E-state index in [0.717, 1.165) is 0 Å². The van der Waals surface area contributed by atoms with E-state index in [2.05, 4.69) is 9.98 Å². The van der Waals surface area contributed by atoms with Gasteiger partial charge in [-0.15, -0.1) is 0 Å². The fraction of sp³-hybridized carbons (Fsp3) is 0.100. The Kier molecular flexibility index (Phi) is 3.55. The molecule has 2 N–H and O–H groups in total. The highest BCUT2D eigenvalue weighted by Crippen LogP contribution is 2.07. The predicted octanol–water partition coefficient (Wildman–Crippen LogP) is 1.46. The summed E-state index contributed by atoms with van der Waals surface area (Å²) < 4.78 is 0. The van der Waals surface area contributed by atoms with Gasteiger partial charge in [0, 0.05) is 18.0 Å². The zero-order valence-electron chi connectivity index (χ0n) is 7.84. The van der Waals surface area contributed by atoms with Gasteiger partial charge < -0.3 is 5.73 Å². The van der Waals surface area contributed by atoms with Crippen LogP contribution in [0.25, 0.3) is 0 Å². The average Bonchev–Trinajstić information content (AvgIpc) is 2.19. The van der Waals surface area contributed by atoms with Gasteiger partial charge in [0.15, 0.2) is 11.6 Å². The lowest BCUT2D eigenvalue weighted by molar-refractivity contribution is 0.101. The Balaban J connectivity index is 2.78. The number of carbonyl (C=O) groups excluding carboxylic acids is 1. The number of rotatable bonds is 3. The molecule has 1 rings (SSSR count). The van der Waals surface area contributed by atoms with Crippen molar-refractivity contribution in [1.29, 1.82) is 0 Å². The summed E-state index contributed by atoms with van der Waals surface area (Å²) in [6.07, 6.45) is 6.02. The summed E-state index contributed by atoms with van der Waals surface area (Å²) >= 11 is 0. The number of hydrogen-bond acceptors (Lipinski definition) is 4. The molecule has 0 fully saturated rings. The van der Waals surface area contributed by atoms with Gasteiger partial charge in [-0.05, 0) is 31.3 Å². The van der Waals surface area contributed by atoms with E-state index in [1.165, 1.54) is 25.5 Å². The molecule has 4 nitrogen and oxygen atoms in total. The SMILES string of the molecule is CC(=O)c1ccc(N=C/C=C\N)nc1. The standard InChI is InChI=1S/C10H11N3O/c1-8(14)9-3-4-10(13-7-9)12-6-2-5-11/h2-7H,11H2,1H3/b5-2-,12-6?.